The normalized spacial score (nSPS) is 14.2. The smallest absolute Gasteiger partial charge is 0.330 e. The van der Waals surface area contributed by atoms with Crippen molar-refractivity contribution >= 4 is 0 Å². The molecule has 0 saturated heterocycles. The van der Waals surface area contributed by atoms with E-state index in [4.69, 9.17) is 5.73 Å². The Morgan fingerprint density at radius 1 is 1.53 bits per heavy atom. The fourth-order valence-electron chi connectivity index (χ4n) is 1.41. The quantitative estimate of drug-likeness (QED) is 0.847. The summed E-state index contributed by atoms with van der Waals surface area (Å²) >= 11 is 0. The number of aromatic nitrogens is 2. The van der Waals surface area contributed by atoms with Crippen molar-refractivity contribution in [2.45, 2.75) is 32.0 Å². The van der Waals surface area contributed by atoms with Crippen molar-refractivity contribution in [1.29, 1.82) is 0 Å². The van der Waals surface area contributed by atoms with Gasteiger partial charge in [-0.1, -0.05) is 6.92 Å². The van der Waals surface area contributed by atoms with Crippen molar-refractivity contribution < 1.29 is 13.2 Å². The Hall–Kier alpha value is -1.04. The minimum absolute atomic E-state index is 0.0499. The lowest BCUT2D eigenvalue weighted by Gasteiger charge is -2.14. The molecule has 0 fully saturated rings. The van der Waals surface area contributed by atoms with E-state index in [9.17, 15) is 13.2 Å². The Morgan fingerprint density at radius 3 is 2.60 bits per heavy atom. The number of hydrogen-bond acceptors (Lipinski definition) is 2. The van der Waals surface area contributed by atoms with Gasteiger partial charge < -0.3 is 5.73 Å². The fraction of sp³-hybridized carbons (Fsp3) is 0.667. The molecule has 1 rings (SSSR count). The van der Waals surface area contributed by atoms with Crippen LogP contribution in [0.1, 0.15) is 31.5 Å². The highest BCUT2D eigenvalue weighted by Crippen LogP contribution is 2.28. The fourth-order valence-corrected chi connectivity index (χ4v) is 1.41. The SMILES string of the molecule is CC[C@@H](CCN)n1ccc(C(F)(F)F)n1. The number of hydrogen-bond donors (Lipinski definition) is 1. The van der Waals surface area contributed by atoms with E-state index in [1.807, 2.05) is 6.92 Å². The van der Waals surface area contributed by atoms with Crippen LogP contribution in [0.2, 0.25) is 0 Å². The summed E-state index contributed by atoms with van der Waals surface area (Å²) in [6.07, 6.45) is -1.66. The van der Waals surface area contributed by atoms with Crippen molar-refractivity contribution in [3.63, 3.8) is 0 Å². The molecule has 0 amide bonds. The largest absolute Gasteiger partial charge is 0.435 e. The average Bonchev–Trinajstić information content (AvgIpc) is 2.62. The van der Waals surface area contributed by atoms with Gasteiger partial charge in [0.15, 0.2) is 5.69 Å². The van der Waals surface area contributed by atoms with Crippen LogP contribution in [0, 0.1) is 0 Å². The molecule has 0 aliphatic rings. The van der Waals surface area contributed by atoms with Crippen LogP contribution < -0.4 is 5.73 Å². The third-order valence-corrected chi connectivity index (χ3v) is 2.24. The third-order valence-electron chi connectivity index (χ3n) is 2.24. The summed E-state index contributed by atoms with van der Waals surface area (Å²) in [7, 11) is 0. The molecule has 15 heavy (non-hydrogen) atoms. The molecule has 1 aromatic rings. The molecule has 0 radical (unpaired) electrons. The van der Waals surface area contributed by atoms with Crippen LogP contribution in [0.3, 0.4) is 0 Å². The first-order valence-corrected chi connectivity index (χ1v) is 4.81. The first-order chi connectivity index (χ1) is 6.99. The van der Waals surface area contributed by atoms with Gasteiger partial charge in [-0.25, -0.2) is 0 Å². The maximum absolute atomic E-state index is 12.3. The number of nitrogens with two attached hydrogens (primary N) is 1. The molecule has 0 aromatic carbocycles. The summed E-state index contributed by atoms with van der Waals surface area (Å²) in [5.74, 6) is 0. The Bertz CT molecular complexity index is 306. The van der Waals surface area contributed by atoms with E-state index in [1.54, 1.807) is 0 Å². The second kappa shape index (κ2) is 4.65. The molecule has 6 heteroatoms. The van der Waals surface area contributed by atoms with E-state index in [2.05, 4.69) is 5.10 Å². The topological polar surface area (TPSA) is 43.8 Å². The molecule has 0 aliphatic heterocycles. The van der Waals surface area contributed by atoms with E-state index in [1.165, 1.54) is 10.9 Å². The van der Waals surface area contributed by atoms with E-state index < -0.39 is 11.9 Å². The second-order valence-electron chi connectivity index (χ2n) is 3.32. The van der Waals surface area contributed by atoms with Gasteiger partial charge in [0.1, 0.15) is 0 Å². The van der Waals surface area contributed by atoms with E-state index in [0.29, 0.717) is 13.0 Å². The van der Waals surface area contributed by atoms with Gasteiger partial charge in [-0.2, -0.15) is 18.3 Å². The van der Waals surface area contributed by atoms with Gasteiger partial charge in [0.25, 0.3) is 0 Å². The highest BCUT2D eigenvalue weighted by atomic mass is 19.4. The van der Waals surface area contributed by atoms with Crippen molar-refractivity contribution in [3.05, 3.63) is 18.0 Å². The van der Waals surface area contributed by atoms with Crippen LogP contribution in [0.5, 0.6) is 0 Å². The van der Waals surface area contributed by atoms with Gasteiger partial charge in [-0.15, -0.1) is 0 Å². The molecule has 0 unspecified atom stereocenters. The maximum atomic E-state index is 12.3. The number of alkyl halides is 3. The monoisotopic (exact) mass is 221 g/mol. The molecule has 0 saturated carbocycles. The predicted octanol–water partition coefficient (Wildman–Crippen LogP) is 2.20. The van der Waals surface area contributed by atoms with E-state index in [0.717, 1.165) is 12.5 Å². The summed E-state index contributed by atoms with van der Waals surface area (Å²) in [6.45, 7) is 2.34. The van der Waals surface area contributed by atoms with Crippen LogP contribution in [0.4, 0.5) is 13.2 Å². The first kappa shape index (κ1) is 12.0. The summed E-state index contributed by atoms with van der Waals surface area (Å²) < 4.78 is 38.1. The zero-order valence-electron chi connectivity index (χ0n) is 8.46. The molecule has 0 spiro atoms. The average molecular weight is 221 g/mol. The molecular weight excluding hydrogens is 207 g/mol. The molecule has 2 N–H and O–H groups in total. The molecule has 1 atom stereocenters. The Balaban J connectivity index is 2.82. The van der Waals surface area contributed by atoms with Gasteiger partial charge in [-0.05, 0) is 25.5 Å². The van der Waals surface area contributed by atoms with Gasteiger partial charge >= 0.3 is 6.18 Å². The van der Waals surface area contributed by atoms with Gasteiger partial charge in [-0.3, -0.25) is 4.68 Å². The molecule has 86 valence electrons. The van der Waals surface area contributed by atoms with Crippen molar-refractivity contribution in [2.24, 2.45) is 5.73 Å². The summed E-state index contributed by atoms with van der Waals surface area (Å²) in [6, 6.07) is 0.935. The standard InChI is InChI=1S/C9H14F3N3/c1-2-7(3-5-13)15-6-4-8(14-15)9(10,11)12/h4,6-7H,2-3,5,13H2,1H3/t7-/m0/s1. The summed E-state index contributed by atoms with van der Waals surface area (Å²) in [5.41, 5.74) is 4.52. The van der Waals surface area contributed by atoms with Gasteiger partial charge in [0.05, 0.1) is 6.04 Å². The Labute approximate surface area is 86.1 Å². The van der Waals surface area contributed by atoms with E-state index in [-0.39, 0.29) is 6.04 Å². The zero-order valence-corrected chi connectivity index (χ0v) is 8.46. The maximum Gasteiger partial charge on any atom is 0.435 e. The minimum atomic E-state index is -4.37. The predicted molar refractivity (Wildman–Crippen MR) is 50.2 cm³/mol. The van der Waals surface area contributed by atoms with Crippen molar-refractivity contribution in [1.82, 2.24) is 9.78 Å². The lowest BCUT2D eigenvalue weighted by atomic mass is 10.1. The van der Waals surface area contributed by atoms with Crippen LogP contribution in [0.15, 0.2) is 12.3 Å². The van der Waals surface area contributed by atoms with Gasteiger partial charge in [0, 0.05) is 6.20 Å². The van der Waals surface area contributed by atoms with Crippen LogP contribution in [0.25, 0.3) is 0 Å². The van der Waals surface area contributed by atoms with Crippen LogP contribution in [-0.4, -0.2) is 16.3 Å². The summed E-state index contributed by atoms with van der Waals surface area (Å²) in [4.78, 5) is 0. The van der Waals surface area contributed by atoms with Crippen molar-refractivity contribution in [2.75, 3.05) is 6.54 Å². The highest BCUT2D eigenvalue weighted by Gasteiger charge is 2.33. The number of halogens is 3. The second-order valence-corrected chi connectivity index (χ2v) is 3.32. The molecule has 1 aromatic heterocycles. The molecule has 0 bridgehead atoms. The minimum Gasteiger partial charge on any atom is -0.330 e. The molecule has 0 aliphatic carbocycles. The molecule has 1 heterocycles. The first-order valence-electron chi connectivity index (χ1n) is 4.81. The Kier molecular flexibility index (Phi) is 3.73. The van der Waals surface area contributed by atoms with Gasteiger partial charge in [0.2, 0.25) is 0 Å². The number of nitrogens with zero attached hydrogens (tertiary/aromatic N) is 2. The number of rotatable bonds is 4. The highest BCUT2D eigenvalue weighted by molar-refractivity contribution is 5.03. The van der Waals surface area contributed by atoms with E-state index >= 15 is 0 Å². The lowest BCUT2D eigenvalue weighted by molar-refractivity contribution is -0.141. The van der Waals surface area contributed by atoms with Crippen molar-refractivity contribution in [3.8, 4) is 0 Å². The summed E-state index contributed by atoms with van der Waals surface area (Å²) in [5, 5.41) is 3.51. The zero-order chi connectivity index (χ0) is 11.5. The lowest BCUT2D eigenvalue weighted by Crippen LogP contribution is -2.15. The molecular formula is C9H14F3N3. The third kappa shape index (κ3) is 2.95. The Morgan fingerprint density at radius 2 is 2.20 bits per heavy atom. The van der Waals surface area contributed by atoms with Crippen LogP contribution in [-0.2, 0) is 6.18 Å². The molecule has 3 nitrogen and oxygen atoms in total. The van der Waals surface area contributed by atoms with Crippen LogP contribution >= 0.6 is 0 Å².